The van der Waals surface area contributed by atoms with Crippen molar-refractivity contribution in [1.82, 2.24) is 5.32 Å². The van der Waals surface area contributed by atoms with Gasteiger partial charge in [-0.15, -0.1) is 0 Å². The molecule has 1 saturated carbocycles. The average molecular weight is 256 g/mol. The quantitative estimate of drug-likeness (QED) is 0.539. The van der Waals surface area contributed by atoms with E-state index in [2.05, 4.69) is 12.2 Å². The third kappa shape index (κ3) is 6.36. The first-order valence-corrected chi connectivity index (χ1v) is 7.31. The van der Waals surface area contributed by atoms with Crippen molar-refractivity contribution in [2.75, 3.05) is 19.8 Å². The largest absolute Gasteiger partial charge is 0.380 e. The van der Waals surface area contributed by atoms with E-state index in [4.69, 9.17) is 10.5 Å². The maximum atomic E-state index is 11.7. The maximum absolute atomic E-state index is 11.7. The van der Waals surface area contributed by atoms with Crippen molar-refractivity contribution >= 4 is 5.91 Å². The van der Waals surface area contributed by atoms with E-state index in [-0.39, 0.29) is 5.91 Å². The number of hydrogen-bond donors (Lipinski definition) is 2. The zero-order chi connectivity index (χ0) is 13.2. The molecule has 1 aliphatic carbocycles. The van der Waals surface area contributed by atoms with Crippen molar-refractivity contribution in [3.05, 3.63) is 0 Å². The molecule has 0 aromatic heterocycles. The molecule has 0 bridgehead atoms. The first kappa shape index (κ1) is 15.4. The van der Waals surface area contributed by atoms with E-state index >= 15 is 0 Å². The second-order valence-corrected chi connectivity index (χ2v) is 5.26. The van der Waals surface area contributed by atoms with Gasteiger partial charge in [0.05, 0.1) is 13.2 Å². The van der Waals surface area contributed by atoms with Gasteiger partial charge in [-0.25, -0.2) is 0 Å². The predicted octanol–water partition coefficient (Wildman–Crippen LogP) is 1.83. The number of carbonyl (C=O) groups excluding carboxylic acids is 1. The second kappa shape index (κ2) is 9.34. The zero-order valence-electron chi connectivity index (χ0n) is 11.6. The van der Waals surface area contributed by atoms with Gasteiger partial charge in [0.1, 0.15) is 0 Å². The zero-order valence-corrected chi connectivity index (χ0v) is 11.6. The smallest absolute Gasteiger partial charge is 0.222 e. The van der Waals surface area contributed by atoms with Gasteiger partial charge in [-0.05, 0) is 25.7 Å². The Bertz CT molecular complexity index is 226. The van der Waals surface area contributed by atoms with Crippen molar-refractivity contribution in [2.24, 2.45) is 11.7 Å². The van der Waals surface area contributed by atoms with E-state index in [0.717, 1.165) is 0 Å². The molecule has 0 aromatic carbocycles. The fourth-order valence-electron chi connectivity index (χ4n) is 2.61. The monoisotopic (exact) mass is 256 g/mol. The summed E-state index contributed by atoms with van der Waals surface area (Å²) in [5.41, 5.74) is 5.31. The second-order valence-electron chi connectivity index (χ2n) is 5.26. The molecule has 106 valence electrons. The molecule has 4 nitrogen and oxygen atoms in total. The molecule has 0 spiro atoms. The van der Waals surface area contributed by atoms with Gasteiger partial charge in [-0.3, -0.25) is 4.79 Å². The van der Waals surface area contributed by atoms with E-state index in [0.29, 0.717) is 38.1 Å². The molecule has 0 aromatic rings. The Morgan fingerprint density at radius 2 is 1.94 bits per heavy atom. The van der Waals surface area contributed by atoms with Gasteiger partial charge in [-0.1, -0.05) is 25.7 Å². The van der Waals surface area contributed by atoms with Crippen molar-refractivity contribution in [2.45, 2.75) is 57.9 Å². The molecule has 1 aliphatic rings. The summed E-state index contributed by atoms with van der Waals surface area (Å²) in [5, 5.41) is 3.10. The van der Waals surface area contributed by atoms with Crippen LogP contribution >= 0.6 is 0 Å². The van der Waals surface area contributed by atoms with Gasteiger partial charge < -0.3 is 15.8 Å². The highest BCUT2D eigenvalue weighted by Gasteiger charge is 2.20. The van der Waals surface area contributed by atoms with Crippen molar-refractivity contribution in [3.8, 4) is 0 Å². The Morgan fingerprint density at radius 3 is 2.56 bits per heavy atom. The number of amides is 1. The van der Waals surface area contributed by atoms with Crippen molar-refractivity contribution in [3.63, 3.8) is 0 Å². The summed E-state index contributed by atoms with van der Waals surface area (Å²) in [6.45, 7) is 3.65. The van der Waals surface area contributed by atoms with Gasteiger partial charge in [0, 0.05) is 19.0 Å². The molecule has 18 heavy (non-hydrogen) atoms. The molecule has 1 rings (SSSR count). The molecule has 3 N–H and O–H groups in total. The van der Waals surface area contributed by atoms with Crippen LogP contribution in [0, 0.1) is 5.92 Å². The van der Waals surface area contributed by atoms with Gasteiger partial charge >= 0.3 is 0 Å². The van der Waals surface area contributed by atoms with E-state index < -0.39 is 0 Å². The van der Waals surface area contributed by atoms with Crippen LogP contribution in [0.5, 0.6) is 0 Å². The van der Waals surface area contributed by atoms with Crippen LogP contribution in [0.25, 0.3) is 0 Å². The SMILES string of the molecule is C[C@H](NC(=O)CCOCCN)C1CCCCCC1. The highest BCUT2D eigenvalue weighted by molar-refractivity contribution is 5.76. The number of nitrogens with one attached hydrogen (secondary N) is 1. The highest BCUT2D eigenvalue weighted by atomic mass is 16.5. The molecule has 0 unspecified atom stereocenters. The van der Waals surface area contributed by atoms with Gasteiger partial charge in [-0.2, -0.15) is 0 Å². The molecule has 0 aliphatic heterocycles. The van der Waals surface area contributed by atoms with Gasteiger partial charge in [0.25, 0.3) is 0 Å². The molecule has 4 heteroatoms. The molecular weight excluding hydrogens is 228 g/mol. The minimum absolute atomic E-state index is 0.101. The standard InChI is InChI=1S/C14H28N2O2/c1-12(13-6-4-2-3-5-7-13)16-14(17)8-10-18-11-9-15/h12-13H,2-11,15H2,1H3,(H,16,17)/t12-/m0/s1. The lowest BCUT2D eigenvalue weighted by Crippen LogP contribution is -2.38. The van der Waals surface area contributed by atoms with E-state index in [1.54, 1.807) is 0 Å². The summed E-state index contributed by atoms with van der Waals surface area (Å²) in [7, 11) is 0. The third-order valence-electron chi connectivity index (χ3n) is 3.73. The molecular formula is C14H28N2O2. The highest BCUT2D eigenvalue weighted by Crippen LogP contribution is 2.25. The van der Waals surface area contributed by atoms with Crippen LogP contribution in [0.1, 0.15) is 51.9 Å². The van der Waals surface area contributed by atoms with Crippen molar-refractivity contribution < 1.29 is 9.53 Å². The van der Waals surface area contributed by atoms with Crippen LogP contribution in [-0.4, -0.2) is 31.7 Å². The first-order valence-electron chi connectivity index (χ1n) is 7.31. The lowest BCUT2D eigenvalue weighted by atomic mass is 9.93. The number of ether oxygens (including phenoxy) is 1. The van der Waals surface area contributed by atoms with E-state index in [9.17, 15) is 4.79 Å². The molecule has 1 atom stereocenters. The van der Waals surface area contributed by atoms with Crippen LogP contribution in [0.2, 0.25) is 0 Å². The molecule has 1 amide bonds. The Morgan fingerprint density at radius 1 is 1.28 bits per heavy atom. The molecule has 0 saturated heterocycles. The summed E-state index contributed by atoms with van der Waals surface area (Å²) < 4.78 is 5.21. The number of rotatable bonds is 7. The van der Waals surface area contributed by atoms with Crippen LogP contribution in [-0.2, 0) is 9.53 Å². The lowest BCUT2D eigenvalue weighted by molar-refractivity contribution is -0.123. The van der Waals surface area contributed by atoms with E-state index in [1.807, 2.05) is 0 Å². The maximum Gasteiger partial charge on any atom is 0.222 e. The summed E-state index contributed by atoms with van der Waals surface area (Å²) >= 11 is 0. The van der Waals surface area contributed by atoms with E-state index in [1.165, 1.54) is 38.5 Å². The minimum atomic E-state index is 0.101. The summed E-state index contributed by atoms with van der Waals surface area (Å²) in [4.78, 5) is 11.7. The van der Waals surface area contributed by atoms with Gasteiger partial charge in [0.2, 0.25) is 5.91 Å². The third-order valence-corrected chi connectivity index (χ3v) is 3.73. The normalized spacial score (nSPS) is 19.2. The van der Waals surface area contributed by atoms with Gasteiger partial charge in [0.15, 0.2) is 0 Å². The number of hydrogen-bond acceptors (Lipinski definition) is 3. The van der Waals surface area contributed by atoms with Crippen LogP contribution < -0.4 is 11.1 Å². The van der Waals surface area contributed by atoms with Crippen LogP contribution in [0.3, 0.4) is 0 Å². The average Bonchev–Trinajstić information content (AvgIpc) is 2.63. The van der Waals surface area contributed by atoms with Crippen LogP contribution in [0.4, 0.5) is 0 Å². The summed E-state index contributed by atoms with van der Waals surface area (Å²) in [5.74, 6) is 0.755. The fraction of sp³-hybridized carbons (Fsp3) is 0.929. The number of nitrogens with two attached hydrogens (primary N) is 1. The van der Waals surface area contributed by atoms with Crippen LogP contribution in [0.15, 0.2) is 0 Å². The molecule has 1 fully saturated rings. The summed E-state index contributed by atoms with van der Waals surface area (Å²) in [6.07, 6.45) is 8.27. The van der Waals surface area contributed by atoms with Crippen molar-refractivity contribution in [1.29, 1.82) is 0 Å². The predicted molar refractivity (Wildman–Crippen MR) is 73.3 cm³/mol. The lowest BCUT2D eigenvalue weighted by Gasteiger charge is -2.23. The fourth-order valence-corrected chi connectivity index (χ4v) is 2.61. The minimum Gasteiger partial charge on any atom is -0.380 e. The Kier molecular flexibility index (Phi) is 8.01. The first-order chi connectivity index (χ1) is 8.74. The summed E-state index contributed by atoms with van der Waals surface area (Å²) in [6, 6.07) is 0.296. The Labute approximate surface area is 111 Å². The Hall–Kier alpha value is -0.610. The molecule has 0 heterocycles. The Balaban J connectivity index is 2.16. The molecule has 0 radical (unpaired) electrons. The number of carbonyl (C=O) groups is 1. The topological polar surface area (TPSA) is 64.3 Å².